The van der Waals surface area contributed by atoms with Crippen LogP contribution in [0.5, 0.6) is 5.75 Å². The number of rotatable bonds is 4. The number of ether oxygens (including phenoxy) is 1. The van der Waals surface area contributed by atoms with Crippen molar-refractivity contribution in [3.05, 3.63) is 48.3 Å². The first-order chi connectivity index (χ1) is 11.1. The highest BCUT2D eigenvalue weighted by Gasteiger charge is 2.35. The minimum atomic E-state index is -0.576. The fourth-order valence-corrected chi connectivity index (χ4v) is 2.78. The van der Waals surface area contributed by atoms with Crippen LogP contribution in [0.3, 0.4) is 0 Å². The Balaban J connectivity index is 1.87. The molecular formula is C18H18N2O3. The maximum atomic E-state index is 12.6. The van der Waals surface area contributed by atoms with Gasteiger partial charge in [0.25, 0.3) is 0 Å². The van der Waals surface area contributed by atoms with Crippen molar-refractivity contribution in [3.63, 3.8) is 0 Å². The van der Waals surface area contributed by atoms with Crippen molar-refractivity contribution >= 4 is 11.7 Å². The van der Waals surface area contributed by atoms with Crippen LogP contribution in [0.15, 0.2) is 42.7 Å². The SMILES string of the molecule is COc1ccc(-c2cncc(C(=O)C3CCN(C)C3=O)c2)cc1. The number of Topliss-reactive ketones (excluding diaryl/α,β-unsaturated/α-hetero) is 1. The Morgan fingerprint density at radius 2 is 1.96 bits per heavy atom. The van der Waals surface area contributed by atoms with Crippen LogP contribution in [0.4, 0.5) is 0 Å². The van der Waals surface area contributed by atoms with Crippen LogP contribution in [-0.4, -0.2) is 42.3 Å². The predicted molar refractivity (Wildman–Crippen MR) is 86.3 cm³/mol. The molecule has 5 heteroatoms. The van der Waals surface area contributed by atoms with Gasteiger partial charge in [-0.1, -0.05) is 12.1 Å². The largest absolute Gasteiger partial charge is 0.497 e. The number of methoxy groups -OCH3 is 1. The van der Waals surface area contributed by atoms with E-state index in [1.165, 1.54) is 6.20 Å². The van der Waals surface area contributed by atoms with Gasteiger partial charge in [-0.3, -0.25) is 14.6 Å². The molecule has 1 unspecified atom stereocenters. The second-order valence-electron chi connectivity index (χ2n) is 5.66. The lowest BCUT2D eigenvalue weighted by molar-refractivity contribution is -0.128. The molecule has 0 radical (unpaired) electrons. The zero-order valence-electron chi connectivity index (χ0n) is 13.2. The lowest BCUT2D eigenvalue weighted by Gasteiger charge is -2.10. The molecule has 0 bridgehead atoms. The topological polar surface area (TPSA) is 59.5 Å². The summed E-state index contributed by atoms with van der Waals surface area (Å²) in [5.74, 6) is -0.0616. The van der Waals surface area contributed by atoms with Crippen LogP contribution in [0.25, 0.3) is 11.1 Å². The van der Waals surface area contributed by atoms with Crippen LogP contribution >= 0.6 is 0 Å². The van der Waals surface area contributed by atoms with Crippen molar-refractivity contribution in [3.8, 4) is 16.9 Å². The standard InChI is InChI=1S/C18H18N2O3/c1-20-8-7-16(18(20)22)17(21)14-9-13(10-19-11-14)12-3-5-15(23-2)6-4-12/h3-6,9-11,16H,7-8H2,1-2H3. The zero-order chi connectivity index (χ0) is 16.4. The molecule has 3 rings (SSSR count). The molecule has 0 N–H and O–H groups in total. The molecule has 0 saturated carbocycles. The van der Waals surface area contributed by atoms with Gasteiger partial charge in [0, 0.05) is 37.1 Å². The molecule has 1 atom stereocenters. The van der Waals surface area contributed by atoms with Gasteiger partial charge < -0.3 is 9.64 Å². The van der Waals surface area contributed by atoms with E-state index in [9.17, 15) is 9.59 Å². The first kappa shape index (κ1) is 15.2. The van der Waals surface area contributed by atoms with Crippen LogP contribution in [-0.2, 0) is 4.79 Å². The first-order valence-electron chi connectivity index (χ1n) is 7.49. The molecule has 1 aliphatic rings. The van der Waals surface area contributed by atoms with E-state index in [0.29, 0.717) is 18.5 Å². The first-order valence-corrected chi connectivity index (χ1v) is 7.49. The Morgan fingerprint density at radius 3 is 2.57 bits per heavy atom. The Hall–Kier alpha value is -2.69. The molecule has 1 aromatic heterocycles. The molecule has 1 amide bonds. The molecule has 118 valence electrons. The number of amides is 1. The molecule has 23 heavy (non-hydrogen) atoms. The average molecular weight is 310 g/mol. The van der Waals surface area contributed by atoms with E-state index in [1.54, 1.807) is 31.3 Å². The third-order valence-electron chi connectivity index (χ3n) is 4.19. The lowest BCUT2D eigenvalue weighted by Crippen LogP contribution is -2.27. The maximum Gasteiger partial charge on any atom is 0.233 e. The summed E-state index contributed by atoms with van der Waals surface area (Å²) in [6, 6.07) is 9.35. The van der Waals surface area contributed by atoms with E-state index >= 15 is 0 Å². The number of nitrogens with zero attached hydrogens (tertiary/aromatic N) is 2. The van der Waals surface area contributed by atoms with E-state index < -0.39 is 5.92 Å². The van der Waals surface area contributed by atoms with Gasteiger partial charge in [0.1, 0.15) is 11.7 Å². The average Bonchev–Trinajstić information content (AvgIpc) is 2.93. The van der Waals surface area contributed by atoms with E-state index in [0.717, 1.165) is 16.9 Å². The fraction of sp³-hybridized carbons (Fsp3) is 0.278. The number of hydrogen-bond donors (Lipinski definition) is 0. The fourth-order valence-electron chi connectivity index (χ4n) is 2.78. The molecule has 0 aliphatic carbocycles. The van der Waals surface area contributed by atoms with Gasteiger partial charge in [0.2, 0.25) is 5.91 Å². The smallest absolute Gasteiger partial charge is 0.233 e. The van der Waals surface area contributed by atoms with E-state index in [4.69, 9.17) is 4.74 Å². The number of benzene rings is 1. The molecule has 1 fully saturated rings. The summed E-state index contributed by atoms with van der Waals surface area (Å²) in [4.78, 5) is 30.4. The highest BCUT2D eigenvalue weighted by Crippen LogP contribution is 2.25. The number of carbonyl (C=O) groups excluding carboxylic acids is 2. The van der Waals surface area contributed by atoms with E-state index in [1.807, 2.05) is 24.3 Å². The third kappa shape index (κ3) is 2.95. The quantitative estimate of drug-likeness (QED) is 0.643. The Morgan fingerprint density at radius 1 is 1.22 bits per heavy atom. The molecule has 2 aromatic rings. The van der Waals surface area contributed by atoms with Gasteiger partial charge in [-0.2, -0.15) is 0 Å². The lowest BCUT2D eigenvalue weighted by atomic mass is 9.95. The summed E-state index contributed by atoms with van der Waals surface area (Å²) in [6.45, 7) is 0.626. The van der Waals surface area contributed by atoms with Crippen molar-refractivity contribution in [1.82, 2.24) is 9.88 Å². The number of pyridine rings is 1. The summed E-state index contributed by atoms with van der Waals surface area (Å²) < 4.78 is 5.14. The summed E-state index contributed by atoms with van der Waals surface area (Å²) in [7, 11) is 3.34. The molecule has 0 spiro atoms. The van der Waals surface area contributed by atoms with E-state index in [2.05, 4.69) is 4.98 Å². The number of likely N-dealkylation sites (tertiary alicyclic amines) is 1. The summed E-state index contributed by atoms with van der Waals surface area (Å²) in [5.41, 5.74) is 2.27. The van der Waals surface area contributed by atoms with Crippen molar-refractivity contribution in [2.24, 2.45) is 5.92 Å². The summed E-state index contributed by atoms with van der Waals surface area (Å²) >= 11 is 0. The summed E-state index contributed by atoms with van der Waals surface area (Å²) in [6.07, 6.45) is 3.81. The van der Waals surface area contributed by atoms with Crippen molar-refractivity contribution in [2.75, 3.05) is 20.7 Å². The minimum absolute atomic E-state index is 0.107. The number of ketones is 1. The van der Waals surface area contributed by atoms with Gasteiger partial charge in [-0.05, 0) is 30.2 Å². The van der Waals surface area contributed by atoms with Gasteiger partial charge in [-0.15, -0.1) is 0 Å². The van der Waals surface area contributed by atoms with Gasteiger partial charge >= 0.3 is 0 Å². The molecule has 5 nitrogen and oxygen atoms in total. The molecule has 1 aromatic carbocycles. The second kappa shape index (κ2) is 6.20. The maximum absolute atomic E-state index is 12.6. The Kier molecular flexibility index (Phi) is 4.10. The molecular weight excluding hydrogens is 292 g/mol. The van der Waals surface area contributed by atoms with Gasteiger partial charge in [-0.25, -0.2) is 0 Å². The third-order valence-corrected chi connectivity index (χ3v) is 4.19. The van der Waals surface area contributed by atoms with Gasteiger partial charge in [0.05, 0.1) is 7.11 Å². The second-order valence-corrected chi connectivity index (χ2v) is 5.66. The summed E-state index contributed by atoms with van der Waals surface area (Å²) in [5, 5.41) is 0. The molecule has 2 heterocycles. The monoisotopic (exact) mass is 310 g/mol. The van der Waals surface area contributed by atoms with Crippen LogP contribution in [0.1, 0.15) is 16.8 Å². The van der Waals surface area contributed by atoms with Crippen molar-refractivity contribution < 1.29 is 14.3 Å². The Bertz CT molecular complexity index is 740. The molecule has 1 aliphatic heterocycles. The van der Waals surface area contributed by atoms with Gasteiger partial charge in [0.15, 0.2) is 5.78 Å². The highest BCUT2D eigenvalue weighted by molar-refractivity contribution is 6.11. The Labute approximate surface area is 134 Å². The van der Waals surface area contributed by atoms with Crippen LogP contribution in [0.2, 0.25) is 0 Å². The van der Waals surface area contributed by atoms with Crippen LogP contribution < -0.4 is 4.74 Å². The predicted octanol–water partition coefficient (Wildman–Crippen LogP) is 2.42. The number of hydrogen-bond acceptors (Lipinski definition) is 4. The number of carbonyl (C=O) groups is 2. The number of aromatic nitrogens is 1. The van der Waals surface area contributed by atoms with Crippen LogP contribution in [0, 0.1) is 5.92 Å². The minimum Gasteiger partial charge on any atom is -0.497 e. The van der Waals surface area contributed by atoms with Crippen molar-refractivity contribution in [2.45, 2.75) is 6.42 Å². The zero-order valence-corrected chi connectivity index (χ0v) is 13.2. The highest BCUT2D eigenvalue weighted by atomic mass is 16.5. The van der Waals surface area contributed by atoms with Crippen molar-refractivity contribution in [1.29, 1.82) is 0 Å². The normalized spacial score (nSPS) is 17.4. The van der Waals surface area contributed by atoms with E-state index in [-0.39, 0.29) is 11.7 Å². The molecule has 1 saturated heterocycles.